The summed E-state index contributed by atoms with van der Waals surface area (Å²) in [6, 6.07) is 14.5. The van der Waals surface area contributed by atoms with Crippen molar-refractivity contribution < 1.29 is 13.2 Å². The van der Waals surface area contributed by atoms with E-state index < -0.39 is 10.0 Å². The number of carbonyl (C=O) groups is 1. The van der Waals surface area contributed by atoms with E-state index >= 15 is 0 Å². The normalized spacial score (nSPS) is 15.3. The predicted molar refractivity (Wildman–Crippen MR) is 115 cm³/mol. The molecule has 1 aliphatic heterocycles. The van der Waals surface area contributed by atoms with E-state index in [1.54, 1.807) is 19.1 Å². The van der Waals surface area contributed by atoms with Crippen LogP contribution in [0.4, 0.5) is 5.69 Å². The van der Waals surface area contributed by atoms with Crippen LogP contribution in [0.25, 0.3) is 0 Å². The van der Waals surface area contributed by atoms with Crippen LogP contribution >= 0.6 is 0 Å². The number of piperazine rings is 1. The number of hydrogen-bond acceptors (Lipinski definition) is 5. The van der Waals surface area contributed by atoms with Crippen molar-refractivity contribution in [3.05, 3.63) is 59.7 Å². The van der Waals surface area contributed by atoms with Crippen LogP contribution in [0.5, 0.6) is 0 Å². The minimum atomic E-state index is -3.71. The fourth-order valence-corrected chi connectivity index (χ4v) is 4.62. The van der Waals surface area contributed by atoms with Crippen molar-refractivity contribution in [3.8, 4) is 0 Å². The zero-order valence-corrected chi connectivity index (χ0v) is 17.7. The monoisotopic (exact) mass is 416 g/mol. The zero-order valence-electron chi connectivity index (χ0n) is 16.9. The molecule has 0 saturated carbocycles. The van der Waals surface area contributed by atoms with E-state index in [-0.39, 0.29) is 17.3 Å². The van der Waals surface area contributed by atoms with Gasteiger partial charge >= 0.3 is 0 Å². The van der Waals surface area contributed by atoms with E-state index in [4.69, 9.17) is 0 Å². The second-order valence-electron chi connectivity index (χ2n) is 7.14. The summed E-state index contributed by atoms with van der Waals surface area (Å²) in [5.41, 5.74) is 1.95. The number of benzene rings is 2. The molecule has 1 amide bonds. The molecule has 0 aromatic heterocycles. The van der Waals surface area contributed by atoms with Crippen LogP contribution in [-0.2, 0) is 16.6 Å². The van der Waals surface area contributed by atoms with Gasteiger partial charge in [-0.25, -0.2) is 13.1 Å². The van der Waals surface area contributed by atoms with Gasteiger partial charge in [-0.15, -0.1) is 0 Å². The first-order valence-electron chi connectivity index (χ1n) is 9.80. The van der Waals surface area contributed by atoms with Crippen LogP contribution in [0.3, 0.4) is 0 Å². The van der Waals surface area contributed by atoms with Gasteiger partial charge in [-0.1, -0.05) is 37.3 Å². The highest BCUT2D eigenvalue weighted by Crippen LogP contribution is 2.27. The molecule has 8 heteroatoms. The number of rotatable bonds is 7. The molecular formula is C21H28N4O3S. The molecule has 0 atom stereocenters. The summed E-state index contributed by atoms with van der Waals surface area (Å²) in [4.78, 5) is 17.1. The van der Waals surface area contributed by atoms with Crippen molar-refractivity contribution in [1.82, 2.24) is 14.9 Å². The highest BCUT2D eigenvalue weighted by atomic mass is 32.2. The van der Waals surface area contributed by atoms with Crippen LogP contribution in [-0.4, -0.2) is 59.0 Å². The van der Waals surface area contributed by atoms with Gasteiger partial charge in [-0.2, -0.15) is 0 Å². The summed E-state index contributed by atoms with van der Waals surface area (Å²) in [5, 5.41) is 2.86. The van der Waals surface area contributed by atoms with Crippen molar-refractivity contribution in [2.75, 3.05) is 44.7 Å². The van der Waals surface area contributed by atoms with E-state index in [0.29, 0.717) is 17.8 Å². The van der Waals surface area contributed by atoms with Crippen molar-refractivity contribution in [2.24, 2.45) is 0 Å². The molecule has 2 aromatic carbocycles. The van der Waals surface area contributed by atoms with Gasteiger partial charge in [0.1, 0.15) is 4.90 Å². The Balaban J connectivity index is 1.86. The first kappa shape index (κ1) is 21.3. The summed E-state index contributed by atoms with van der Waals surface area (Å²) in [6.45, 7) is 5.61. The lowest BCUT2D eigenvalue weighted by Crippen LogP contribution is -2.45. The number of hydrogen-bond donors (Lipinski definition) is 2. The molecule has 1 aliphatic rings. The van der Waals surface area contributed by atoms with Crippen molar-refractivity contribution in [3.63, 3.8) is 0 Å². The minimum Gasteiger partial charge on any atom is -0.368 e. The third-order valence-corrected chi connectivity index (χ3v) is 6.56. The number of carbonyl (C=O) groups excluding carboxylic acids is 1. The summed E-state index contributed by atoms with van der Waals surface area (Å²) in [7, 11) is -1.66. The maximum absolute atomic E-state index is 12.8. The third-order valence-electron chi connectivity index (χ3n) is 4.99. The van der Waals surface area contributed by atoms with Crippen molar-refractivity contribution in [1.29, 1.82) is 0 Å². The van der Waals surface area contributed by atoms with Gasteiger partial charge in [0.25, 0.3) is 5.91 Å². The van der Waals surface area contributed by atoms with Gasteiger partial charge in [0.15, 0.2) is 0 Å². The lowest BCUT2D eigenvalue weighted by Gasteiger charge is -2.35. The summed E-state index contributed by atoms with van der Waals surface area (Å²) in [5.74, 6) is -0.299. The molecule has 3 rings (SSSR count). The molecule has 1 fully saturated rings. The Labute approximate surface area is 172 Å². The van der Waals surface area contributed by atoms with Crippen LogP contribution in [0.15, 0.2) is 53.4 Å². The van der Waals surface area contributed by atoms with Gasteiger partial charge in [-0.3, -0.25) is 4.79 Å². The van der Waals surface area contributed by atoms with Crippen LogP contribution < -0.4 is 14.9 Å². The lowest BCUT2D eigenvalue weighted by molar-refractivity contribution is 0.0950. The average Bonchev–Trinajstić information content (AvgIpc) is 2.73. The number of nitrogens with zero attached hydrogens (tertiary/aromatic N) is 2. The molecule has 0 bridgehead atoms. The molecular weight excluding hydrogens is 388 g/mol. The van der Waals surface area contributed by atoms with Crippen molar-refractivity contribution >= 4 is 21.6 Å². The van der Waals surface area contributed by atoms with Gasteiger partial charge in [0, 0.05) is 44.8 Å². The molecule has 156 valence electrons. The summed E-state index contributed by atoms with van der Waals surface area (Å²) in [6.07, 6.45) is 0. The molecule has 1 heterocycles. The first-order chi connectivity index (χ1) is 13.9. The van der Waals surface area contributed by atoms with Crippen LogP contribution in [0.2, 0.25) is 0 Å². The Hall–Kier alpha value is -2.42. The zero-order chi connectivity index (χ0) is 20.9. The molecule has 0 aliphatic carbocycles. The SMILES string of the molecule is CCNS(=O)(=O)c1cc(C(=O)NCc2ccccc2)ccc1N1CCN(C)CC1. The Morgan fingerprint density at radius 2 is 1.72 bits per heavy atom. The fraction of sp³-hybridized carbons (Fsp3) is 0.381. The van der Waals surface area contributed by atoms with Crippen molar-refractivity contribution in [2.45, 2.75) is 18.4 Å². The molecule has 29 heavy (non-hydrogen) atoms. The summed E-state index contributed by atoms with van der Waals surface area (Å²) >= 11 is 0. The highest BCUT2D eigenvalue weighted by molar-refractivity contribution is 7.89. The number of anilines is 1. The standard InChI is InChI=1S/C21H28N4O3S/c1-3-23-29(27,28)20-15-18(21(26)22-16-17-7-5-4-6-8-17)9-10-19(20)25-13-11-24(2)12-14-25/h4-10,15,23H,3,11-14,16H2,1-2H3,(H,22,26). The molecule has 2 aromatic rings. The topological polar surface area (TPSA) is 81.7 Å². The van der Waals surface area contributed by atoms with Crippen LogP contribution in [0.1, 0.15) is 22.8 Å². The summed E-state index contributed by atoms with van der Waals surface area (Å²) < 4.78 is 28.2. The molecule has 0 radical (unpaired) electrons. The van der Waals surface area contributed by atoms with Gasteiger partial charge < -0.3 is 15.1 Å². The Morgan fingerprint density at radius 1 is 1.03 bits per heavy atom. The maximum atomic E-state index is 12.8. The highest BCUT2D eigenvalue weighted by Gasteiger charge is 2.25. The van der Waals surface area contributed by atoms with E-state index in [1.165, 1.54) is 6.07 Å². The largest absolute Gasteiger partial charge is 0.368 e. The maximum Gasteiger partial charge on any atom is 0.251 e. The molecule has 7 nitrogen and oxygen atoms in total. The lowest BCUT2D eigenvalue weighted by atomic mass is 10.1. The number of nitrogens with one attached hydrogen (secondary N) is 2. The van der Waals surface area contributed by atoms with Gasteiger partial charge in [0.05, 0.1) is 5.69 Å². The number of sulfonamides is 1. The van der Waals surface area contributed by atoms with E-state index in [0.717, 1.165) is 31.7 Å². The predicted octanol–water partition coefficient (Wildman–Crippen LogP) is 1.67. The minimum absolute atomic E-state index is 0.149. The Kier molecular flexibility index (Phi) is 6.89. The smallest absolute Gasteiger partial charge is 0.251 e. The van der Waals surface area contributed by atoms with Crippen LogP contribution in [0, 0.1) is 0 Å². The fourth-order valence-electron chi connectivity index (χ4n) is 3.33. The van der Waals surface area contributed by atoms with E-state index in [9.17, 15) is 13.2 Å². The van der Waals surface area contributed by atoms with E-state index in [2.05, 4.69) is 19.8 Å². The Morgan fingerprint density at radius 3 is 2.38 bits per heavy atom. The average molecular weight is 417 g/mol. The first-order valence-corrected chi connectivity index (χ1v) is 11.3. The second-order valence-corrected chi connectivity index (χ2v) is 8.88. The quantitative estimate of drug-likeness (QED) is 0.718. The molecule has 0 spiro atoms. The second kappa shape index (κ2) is 9.39. The van der Waals surface area contributed by atoms with Gasteiger partial charge in [-0.05, 0) is 30.8 Å². The molecule has 1 saturated heterocycles. The van der Waals surface area contributed by atoms with E-state index in [1.807, 2.05) is 37.4 Å². The number of amides is 1. The van der Waals surface area contributed by atoms with Gasteiger partial charge in [0.2, 0.25) is 10.0 Å². The number of likely N-dealkylation sites (N-methyl/N-ethyl adjacent to an activating group) is 1. The third kappa shape index (κ3) is 5.35. The molecule has 0 unspecified atom stereocenters. The molecule has 2 N–H and O–H groups in total. The Bertz CT molecular complexity index is 940.